The maximum Gasteiger partial charge on any atom is 0.416 e. The molecule has 0 saturated heterocycles. The van der Waals surface area contributed by atoms with Gasteiger partial charge in [0, 0.05) is 17.1 Å². The van der Waals surface area contributed by atoms with Crippen molar-refractivity contribution in [1.82, 2.24) is 4.98 Å². The molecule has 0 bridgehead atoms. The Balaban J connectivity index is 2.60. The zero-order valence-corrected chi connectivity index (χ0v) is 10.4. The van der Waals surface area contributed by atoms with Gasteiger partial charge in [0.2, 0.25) is 0 Å². The molecule has 0 spiro atoms. The Kier molecular flexibility index (Phi) is 3.27. The Morgan fingerprint density at radius 2 is 2.05 bits per heavy atom. The number of nitrogens with zero attached hydrogens (tertiary/aromatic N) is 2. The molecule has 19 heavy (non-hydrogen) atoms. The summed E-state index contributed by atoms with van der Waals surface area (Å²) in [6, 6.07) is 2.43. The van der Waals surface area contributed by atoms with Crippen LogP contribution in [0.25, 0.3) is 10.6 Å². The summed E-state index contributed by atoms with van der Waals surface area (Å²) in [5.41, 5.74) is -0.884. The van der Waals surface area contributed by atoms with Gasteiger partial charge < -0.3 is 0 Å². The van der Waals surface area contributed by atoms with E-state index in [1.807, 2.05) is 0 Å². The van der Waals surface area contributed by atoms with Gasteiger partial charge in [-0.3, -0.25) is 10.1 Å². The van der Waals surface area contributed by atoms with Gasteiger partial charge in [-0.15, -0.1) is 11.3 Å². The van der Waals surface area contributed by atoms with Gasteiger partial charge in [0.1, 0.15) is 5.01 Å². The maximum absolute atomic E-state index is 12.5. The van der Waals surface area contributed by atoms with E-state index < -0.39 is 22.4 Å². The lowest BCUT2D eigenvalue weighted by atomic mass is 10.1. The van der Waals surface area contributed by atoms with E-state index >= 15 is 0 Å². The number of thiazole rings is 1. The Morgan fingerprint density at radius 1 is 1.37 bits per heavy atom. The Bertz CT molecular complexity index is 637. The highest BCUT2D eigenvalue weighted by molar-refractivity contribution is 7.13. The fourth-order valence-corrected chi connectivity index (χ4v) is 2.35. The van der Waals surface area contributed by atoms with Crippen LogP contribution >= 0.6 is 11.3 Å². The highest BCUT2D eigenvalue weighted by atomic mass is 32.1. The molecule has 8 heteroatoms. The molecule has 1 aromatic carbocycles. The molecular formula is C11H7F3N2O2S. The summed E-state index contributed by atoms with van der Waals surface area (Å²) in [7, 11) is 0. The SMILES string of the molecule is Cc1csc(-c2ccc(C(F)(F)F)cc2[N+](=O)[O-])n1. The standard InChI is InChI=1S/C11H7F3N2O2S/c1-6-5-19-10(15-6)8-3-2-7(11(12,13)14)4-9(8)16(17)18/h2-5H,1H3. The minimum absolute atomic E-state index is 0.0936. The third kappa shape index (κ3) is 2.73. The first kappa shape index (κ1) is 13.5. The van der Waals surface area contributed by atoms with Gasteiger partial charge in [-0.05, 0) is 19.1 Å². The van der Waals surface area contributed by atoms with Crippen molar-refractivity contribution >= 4 is 17.0 Å². The molecule has 0 saturated carbocycles. The van der Waals surface area contributed by atoms with Crippen LogP contribution in [0.5, 0.6) is 0 Å². The Morgan fingerprint density at radius 3 is 2.53 bits per heavy atom. The number of aryl methyl sites for hydroxylation is 1. The number of nitro benzene ring substituents is 1. The Hall–Kier alpha value is -1.96. The molecule has 0 radical (unpaired) electrons. The number of aromatic nitrogens is 1. The summed E-state index contributed by atoms with van der Waals surface area (Å²) in [4.78, 5) is 14.1. The first-order valence-electron chi connectivity index (χ1n) is 5.07. The van der Waals surface area contributed by atoms with Crippen LogP contribution in [0.15, 0.2) is 23.6 Å². The molecule has 0 unspecified atom stereocenters. The highest BCUT2D eigenvalue weighted by Gasteiger charge is 2.33. The van der Waals surface area contributed by atoms with Crippen LogP contribution in [-0.2, 0) is 6.18 Å². The molecule has 2 rings (SSSR count). The number of hydrogen-bond donors (Lipinski definition) is 0. The fraction of sp³-hybridized carbons (Fsp3) is 0.182. The van der Waals surface area contributed by atoms with Crippen LogP contribution in [0.3, 0.4) is 0 Å². The molecule has 4 nitrogen and oxygen atoms in total. The quantitative estimate of drug-likeness (QED) is 0.619. The average molecular weight is 288 g/mol. The smallest absolute Gasteiger partial charge is 0.258 e. The molecule has 1 aromatic heterocycles. The van der Waals surface area contributed by atoms with Gasteiger partial charge in [-0.1, -0.05) is 0 Å². The van der Waals surface area contributed by atoms with E-state index in [-0.39, 0.29) is 5.56 Å². The number of hydrogen-bond acceptors (Lipinski definition) is 4. The molecule has 0 aliphatic rings. The molecule has 0 aliphatic carbocycles. The monoisotopic (exact) mass is 288 g/mol. The van der Waals surface area contributed by atoms with Crippen LogP contribution in [0.1, 0.15) is 11.3 Å². The number of alkyl halides is 3. The predicted octanol–water partition coefficient (Wildman–Crippen LogP) is 4.05. The van der Waals surface area contributed by atoms with Crippen molar-refractivity contribution in [1.29, 1.82) is 0 Å². The van der Waals surface area contributed by atoms with E-state index in [0.717, 1.165) is 23.5 Å². The van der Waals surface area contributed by atoms with E-state index in [2.05, 4.69) is 4.98 Å². The van der Waals surface area contributed by atoms with Crippen molar-refractivity contribution in [3.8, 4) is 10.6 Å². The Labute approximate surface area is 109 Å². The second-order valence-electron chi connectivity index (χ2n) is 3.78. The van der Waals surface area contributed by atoms with Gasteiger partial charge in [0.25, 0.3) is 5.69 Å². The second kappa shape index (κ2) is 4.61. The minimum atomic E-state index is -4.61. The van der Waals surface area contributed by atoms with Crippen molar-refractivity contribution in [3.63, 3.8) is 0 Å². The van der Waals surface area contributed by atoms with Gasteiger partial charge in [0.15, 0.2) is 0 Å². The zero-order chi connectivity index (χ0) is 14.2. The lowest BCUT2D eigenvalue weighted by Crippen LogP contribution is -2.06. The molecular weight excluding hydrogens is 281 g/mol. The highest BCUT2D eigenvalue weighted by Crippen LogP contribution is 2.37. The van der Waals surface area contributed by atoms with Crippen LogP contribution in [0.4, 0.5) is 18.9 Å². The van der Waals surface area contributed by atoms with E-state index in [1.54, 1.807) is 12.3 Å². The molecule has 0 aliphatic heterocycles. The molecule has 0 atom stereocenters. The lowest BCUT2D eigenvalue weighted by molar-refractivity contribution is -0.384. The third-order valence-corrected chi connectivity index (χ3v) is 3.36. The molecule has 0 N–H and O–H groups in total. The van der Waals surface area contributed by atoms with Crippen LogP contribution in [0, 0.1) is 17.0 Å². The van der Waals surface area contributed by atoms with Gasteiger partial charge >= 0.3 is 6.18 Å². The second-order valence-corrected chi connectivity index (χ2v) is 4.64. The molecule has 100 valence electrons. The largest absolute Gasteiger partial charge is 0.416 e. The summed E-state index contributed by atoms with van der Waals surface area (Å²) in [5.74, 6) is 0. The van der Waals surface area contributed by atoms with Crippen molar-refractivity contribution in [2.24, 2.45) is 0 Å². The van der Waals surface area contributed by atoms with Crippen LogP contribution < -0.4 is 0 Å². The van der Waals surface area contributed by atoms with Gasteiger partial charge in [-0.2, -0.15) is 13.2 Å². The van der Waals surface area contributed by atoms with Crippen molar-refractivity contribution in [2.75, 3.05) is 0 Å². The van der Waals surface area contributed by atoms with Crippen molar-refractivity contribution in [2.45, 2.75) is 13.1 Å². The number of benzene rings is 1. The minimum Gasteiger partial charge on any atom is -0.258 e. The summed E-state index contributed by atoms with van der Waals surface area (Å²) < 4.78 is 37.6. The van der Waals surface area contributed by atoms with Crippen LogP contribution in [-0.4, -0.2) is 9.91 Å². The summed E-state index contributed by atoms with van der Waals surface area (Å²) in [6.07, 6.45) is -4.61. The predicted molar refractivity (Wildman–Crippen MR) is 63.9 cm³/mol. The van der Waals surface area contributed by atoms with E-state index in [4.69, 9.17) is 0 Å². The van der Waals surface area contributed by atoms with Gasteiger partial charge in [-0.25, -0.2) is 4.98 Å². The topological polar surface area (TPSA) is 56.0 Å². The lowest BCUT2D eigenvalue weighted by Gasteiger charge is -2.07. The van der Waals surface area contributed by atoms with E-state index in [1.165, 1.54) is 0 Å². The summed E-state index contributed by atoms with van der Waals surface area (Å²) in [5, 5.41) is 12.9. The molecule has 0 fully saturated rings. The summed E-state index contributed by atoms with van der Waals surface area (Å²) >= 11 is 1.15. The maximum atomic E-state index is 12.5. The van der Waals surface area contributed by atoms with Gasteiger partial charge in [0.05, 0.1) is 16.1 Å². The first-order valence-corrected chi connectivity index (χ1v) is 5.95. The summed E-state index contributed by atoms with van der Waals surface area (Å²) in [6.45, 7) is 1.70. The number of halogens is 3. The fourth-order valence-electron chi connectivity index (χ4n) is 1.52. The average Bonchev–Trinajstić information content (AvgIpc) is 2.73. The first-order chi connectivity index (χ1) is 8.79. The zero-order valence-electron chi connectivity index (χ0n) is 9.56. The van der Waals surface area contributed by atoms with Crippen molar-refractivity contribution < 1.29 is 18.1 Å². The van der Waals surface area contributed by atoms with E-state index in [9.17, 15) is 23.3 Å². The number of rotatable bonds is 2. The third-order valence-electron chi connectivity index (χ3n) is 2.37. The normalized spacial score (nSPS) is 11.6. The van der Waals surface area contributed by atoms with Crippen molar-refractivity contribution in [3.05, 3.63) is 45.0 Å². The van der Waals surface area contributed by atoms with E-state index in [0.29, 0.717) is 16.8 Å². The number of nitro groups is 1. The molecule has 0 amide bonds. The molecule has 2 aromatic rings. The van der Waals surface area contributed by atoms with Crippen LogP contribution in [0.2, 0.25) is 0 Å². The molecule has 1 heterocycles.